The number of rotatable bonds is 8. The molecule has 0 bridgehead atoms. The van der Waals surface area contributed by atoms with Crippen molar-refractivity contribution in [2.75, 3.05) is 6.61 Å². The Morgan fingerprint density at radius 2 is 1.35 bits per heavy atom. The van der Waals surface area contributed by atoms with Gasteiger partial charge in [0.15, 0.2) is 0 Å². The van der Waals surface area contributed by atoms with E-state index in [-0.39, 0.29) is 24.4 Å². The van der Waals surface area contributed by atoms with Crippen molar-refractivity contribution in [3.63, 3.8) is 0 Å². The third kappa shape index (κ3) is 4.27. The number of nitrogens with one attached hydrogen (secondary N) is 2. The van der Waals surface area contributed by atoms with Crippen molar-refractivity contribution in [3.05, 3.63) is 59.7 Å². The van der Waals surface area contributed by atoms with E-state index in [2.05, 4.69) is 34.9 Å². The smallest absolute Gasteiger partial charge is 0.407 e. The average molecular weight is 463 g/mol. The molecule has 3 aliphatic carbocycles. The number of ether oxygens (including phenoxy) is 1. The second-order valence-corrected chi connectivity index (χ2v) is 9.65. The lowest BCUT2D eigenvalue weighted by atomic mass is 9.78. The molecule has 2 aromatic rings. The molecule has 0 heterocycles. The Kier molecular flexibility index (Phi) is 6.26. The zero-order valence-electron chi connectivity index (χ0n) is 19.0. The molecule has 0 aliphatic heterocycles. The first kappa shape index (κ1) is 22.4. The average Bonchev–Trinajstić information content (AvgIpc) is 3.08. The molecule has 0 saturated heterocycles. The van der Waals surface area contributed by atoms with E-state index >= 15 is 0 Å². The van der Waals surface area contributed by atoms with E-state index in [1.165, 1.54) is 0 Å². The monoisotopic (exact) mass is 462 g/mol. The lowest BCUT2D eigenvalue weighted by Crippen LogP contribution is -2.57. The minimum atomic E-state index is -1.02. The van der Waals surface area contributed by atoms with Gasteiger partial charge in [-0.25, -0.2) is 9.59 Å². The van der Waals surface area contributed by atoms with Gasteiger partial charge in [0.05, 0.1) is 0 Å². The molecular weight excluding hydrogens is 432 g/mol. The van der Waals surface area contributed by atoms with Crippen LogP contribution in [0.1, 0.15) is 55.6 Å². The molecule has 2 saturated carbocycles. The minimum Gasteiger partial charge on any atom is -0.480 e. The van der Waals surface area contributed by atoms with Crippen LogP contribution >= 0.6 is 0 Å². The van der Waals surface area contributed by atoms with Gasteiger partial charge in [-0.1, -0.05) is 61.4 Å². The van der Waals surface area contributed by atoms with Gasteiger partial charge in [0.25, 0.3) is 0 Å². The number of carboxylic acid groups (broad SMARTS) is 1. The van der Waals surface area contributed by atoms with E-state index < -0.39 is 30.1 Å². The van der Waals surface area contributed by atoms with E-state index in [9.17, 15) is 19.5 Å². The van der Waals surface area contributed by atoms with E-state index in [1.54, 1.807) is 0 Å². The third-order valence-corrected chi connectivity index (χ3v) is 7.71. The highest BCUT2D eigenvalue weighted by Gasteiger charge is 2.39. The molecule has 2 unspecified atom stereocenters. The number of carbonyl (C=O) groups is 3. The Bertz CT molecular complexity index is 1050. The van der Waals surface area contributed by atoms with Crippen molar-refractivity contribution in [1.82, 2.24) is 10.6 Å². The summed E-state index contributed by atoms with van der Waals surface area (Å²) in [6.45, 7) is 0.165. The van der Waals surface area contributed by atoms with Crippen molar-refractivity contribution in [3.8, 4) is 11.1 Å². The normalized spacial score (nSPS) is 19.1. The topological polar surface area (TPSA) is 105 Å². The lowest BCUT2D eigenvalue weighted by molar-refractivity contribution is -0.145. The van der Waals surface area contributed by atoms with Crippen molar-refractivity contribution in [2.24, 2.45) is 11.8 Å². The number of hydrogen-bond acceptors (Lipinski definition) is 4. The SMILES string of the molecule is O=C(NC(C(=O)NC(C(=O)O)C1CCC1)C1CCC1)OCC1c2ccccc2-c2ccccc21. The van der Waals surface area contributed by atoms with E-state index in [0.29, 0.717) is 0 Å². The largest absolute Gasteiger partial charge is 0.480 e. The van der Waals surface area contributed by atoms with Crippen molar-refractivity contribution >= 4 is 18.0 Å². The summed E-state index contributed by atoms with van der Waals surface area (Å²) in [4.78, 5) is 37.5. The number of benzene rings is 2. The number of alkyl carbamates (subject to hydrolysis) is 1. The van der Waals surface area contributed by atoms with Gasteiger partial charge in [0.1, 0.15) is 18.7 Å². The Morgan fingerprint density at radius 1 is 0.824 bits per heavy atom. The number of amides is 2. The van der Waals surface area contributed by atoms with Crippen LogP contribution in [0.4, 0.5) is 4.79 Å². The first-order valence-electron chi connectivity index (χ1n) is 12.2. The summed E-state index contributed by atoms with van der Waals surface area (Å²) in [6.07, 6.45) is 4.56. The maximum absolute atomic E-state index is 13.0. The molecule has 0 radical (unpaired) electrons. The van der Waals surface area contributed by atoms with Crippen LogP contribution in [0.2, 0.25) is 0 Å². The molecule has 3 N–H and O–H groups in total. The van der Waals surface area contributed by atoms with Gasteiger partial charge in [-0.05, 0) is 59.8 Å². The number of hydrogen-bond donors (Lipinski definition) is 3. The molecule has 2 fully saturated rings. The second-order valence-electron chi connectivity index (χ2n) is 9.65. The molecule has 178 valence electrons. The molecule has 5 rings (SSSR count). The molecular formula is C27H30N2O5. The van der Waals surface area contributed by atoms with Crippen LogP contribution in [0, 0.1) is 11.8 Å². The minimum absolute atomic E-state index is 0.00341. The molecule has 2 amide bonds. The number of carbonyl (C=O) groups excluding carboxylic acids is 2. The Labute approximate surface area is 198 Å². The summed E-state index contributed by atoms with van der Waals surface area (Å²) in [7, 11) is 0. The number of aliphatic carboxylic acids is 1. The summed E-state index contributed by atoms with van der Waals surface area (Å²) >= 11 is 0. The highest BCUT2D eigenvalue weighted by molar-refractivity contribution is 5.89. The predicted molar refractivity (Wildman–Crippen MR) is 126 cm³/mol. The van der Waals surface area contributed by atoms with Crippen molar-refractivity contribution in [2.45, 2.75) is 56.5 Å². The van der Waals surface area contributed by atoms with Crippen molar-refractivity contribution in [1.29, 1.82) is 0 Å². The Balaban J connectivity index is 1.24. The lowest BCUT2D eigenvalue weighted by Gasteiger charge is -2.36. The maximum Gasteiger partial charge on any atom is 0.407 e. The Hall–Kier alpha value is -3.35. The van der Waals surface area contributed by atoms with E-state index in [0.717, 1.165) is 60.8 Å². The molecule has 2 atom stereocenters. The third-order valence-electron chi connectivity index (χ3n) is 7.71. The quantitative estimate of drug-likeness (QED) is 0.549. The fraction of sp³-hybridized carbons (Fsp3) is 0.444. The predicted octanol–water partition coefficient (Wildman–Crippen LogP) is 4.06. The van der Waals surface area contributed by atoms with Crippen molar-refractivity contribution < 1.29 is 24.2 Å². The summed E-state index contributed by atoms with van der Waals surface area (Å²) < 4.78 is 5.62. The van der Waals surface area contributed by atoms with E-state index in [4.69, 9.17) is 4.74 Å². The first-order valence-corrected chi connectivity index (χ1v) is 12.2. The van der Waals surface area contributed by atoms with Gasteiger partial charge in [-0.2, -0.15) is 0 Å². The number of carboxylic acids is 1. The number of fused-ring (bicyclic) bond motifs is 3. The molecule has 7 nitrogen and oxygen atoms in total. The van der Waals surface area contributed by atoms with Crippen LogP contribution in [0.25, 0.3) is 11.1 Å². The van der Waals surface area contributed by atoms with Gasteiger partial charge < -0.3 is 20.5 Å². The second kappa shape index (κ2) is 9.49. The van der Waals surface area contributed by atoms with Crippen LogP contribution in [-0.2, 0) is 14.3 Å². The van der Waals surface area contributed by atoms with Gasteiger partial charge in [0.2, 0.25) is 5.91 Å². The van der Waals surface area contributed by atoms with Crippen LogP contribution in [0.15, 0.2) is 48.5 Å². The highest BCUT2D eigenvalue weighted by atomic mass is 16.5. The Morgan fingerprint density at radius 3 is 1.85 bits per heavy atom. The van der Waals surface area contributed by atoms with Crippen LogP contribution in [0.3, 0.4) is 0 Å². The zero-order chi connectivity index (χ0) is 23.7. The standard InChI is InChI=1S/C27H30N2O5/c30-25(28-24(26(31)32)17-9-6-10-17)23(16-7-5-8-16)29-27(33)34-15-22-20-13-3-1-11-18(20)19-12-2-4-14-21(19)22/h1-4,11-14,16-17,22-24H,5-10,15H2,(H,28,30)(H,29,33)(H,31,32). The van der Waals surface area contributed by atoms with Gasteiger partial charge in [0, 0.05) is 5.92 Å². The first-order chi connectivity index (χ1) is 16.5. The summed E-state index contributed by atoms with van der Waals surface area (Å²) in [5, 5.41) is 15.0. The summed E-state index contributed by atoms with van der Waals surface area (Å²) in [5.41, 5.74) is 4.54. The molecule has 0 spiro atoms. The molecule has 3 aliphatic rings. The van der Waals surface area contributed by atoms with Gasteiger partial charge in [-0.15, -0.1) is 0 Å². The summed E-state index contributed by atoms with van der Waals surface area (Å²) in [5.74, 6) is -1.57. The zero-order valence-corrected chi connectivity index (χ0v) is 19.0. The van der Waals surface area contributed by atoms with E-state index in [1.807, 2.05) is 24.3 Å². The van der Waals surface area contributed by atoms with Gasteiger partial charge >= 0.3 is 12.1 Å². The molecule has 0 aromatic heterocycles. The molecule has 34 heavy (non-hydrogen) atoms. The molecule has 7 heteroatoms. The maximum atomic E-state index is 13.0. The van der Waals surface area contributed by atoms with Crippen LogP contribution < -0.4 is 10.6 Å². The van der Waals surface area contributed by atoms with Gasteiger partial charge in [-0.3, -0.25) is 4.79 Å². The fourth-order valence-corrected chi connectivity index (χ4v) is 5.34. The molecule has 2 aromatic carbocycles. The van der Waals surface area contributed by atoms with Crippen LogP contribution in [-0.4, -0.2) is 41.8 Å². The van der Waals surface area contributed by atoms with Crippen LogP contribution in [0.5, 0.6) is 0 Å². The summed E-state index contributed by atoms with van der Waals surface area (Å²) in [6, 6.07) is 14.5. The highest BCUT2D eigenvalue weighted by Crippen LogP contribution is 2.44. The fourth-order valence-electron chi connectivity index (χ4n) is 5.34.